The fraction of sp³-hybridized carbons (Fsp3) is 0.148. The van der Waals surface area contributed by atoms with Gasteiger partial charge in [0.15, 0.2) is 0 Å². The number of nitrogens with one attached hydrogen (secondary N) is 1. The van der Waals surface area contributed by atoms with Gasteiger partial charge in [0, 0.05) is 24.6 Å². The van der Waals surface area contributed by atoms with E-state index in [0.717, 1.165) is 17.1 Å². The van der Waals surface area contributed by atoms with Gasteiger partial charge < -0.3 is 0 Å². The van der Waals surface area contributed by atoms with Gasteiger partial charge in [0.1, 0.15) is 0 Å². The number of nitrogens with zero attached hydrogens (tertiary/aromatic N) is 1. The van der Waals surface area contributed by atoms with E-state index < -0.39 is 10.2 Å². The maximum absolute atomic E-state index is 8.49. The summed E-state index contributed by atoms with van der Waals surface area (Å²) in [5, 5.41) is 0. The van der Waals surface area contributed by atoms with Crippen molar-refractivity contribution in [2.75, 3.05) is 5.43 Å². The van der Waals surface area contributed by atoms with Gasteiger partial charge in [0.25, 0.3) is 0 Å². The van der Waals surface area contributed by atoms with Gasteiger partial charge in [0.05, 0.1) is 5.69 Å². The number of aromatic nitrogens is 1. The van der Waals surface area contributed by atoms with Gasteiger partial charge in [-0.25, -0.2) is 18.6 Å². The smallest absolute Gasteiger partial charge is 0.222 e. The number of benzene rings is 3. The van der Waals surface area contributed by atoms with Crippen LogP contribution >= 0.6 is 0 Å². The molecule has 0 unspecified atom stereocenters. The summed E-state index contributed by atoms with van der Waals surface area (Å²) in [7, 11) is -4.94. The first kappa shape index (κ1) is 25.4. The van der Waals surface area contributed by atoms with E-state index in [0.29, 0.717) is 0 Å². The lowest BCUT2D eigenvalue weighted by molar-refractivity contribution is -2.00. The first-order chi connectivity index (χ1) is 16.0. The molecule has 4 aromatic rings. The van der Waals surface area contributed by atoms with Crippen LogP contribution in [0.5, 0.6) is 0 Å². The topological polar surface area (TPSA) is 108 Å². The van der Waals surface area contributed by atoms with Gasteiger partial charge in [-0.2, -0.15) is 5.43 Å². The Balaban J connectivity index is 0.000000588. The van der Waals surface area contributed by atoms with Gasteiger partial charge in [-0.15, -0.1) is 10.2 Å². The van der Waals surface area contributed by atoms with Gasteiger partial charge in [0.2, 0.25) is 11.4 Å². The van der Waals surface area contributed by atoms with Crippen molar-refractivity contribution in [3.8, 4) is 22.4 Å². The zero-order valence-corrected chi connectivity index (χ0v) is 20.3. The summed E-state index contributed by atoms with van der Waals surface area (Å²) in [5.41, 5.74) is 14.4. The summed E-state index contributed by atoms with van der Waals surface area (Å²) in [4.78, 5) is 0. The van der Waals surface area contributed by atoms with Crippen molar-refractivity contribution in [3.63, 3.8) is 0 Å². The van der Waals surface area contributed by atoms with Crippen LogP contribution in [0.3, 0.4) is 0 Å². The van der Waals surface area contributed by atoms with Crippen molar-refractivity contribution in [3.05, 3.63) is 107 Å². The molecule has 0 saturated heterocycles. The second kappa shape index (κ2) is 10.8. The molecule has 0 aliphatic rings. The van der Waals surface area contributed by atoms with Crippen molar-refractivity contribution in [2.24, 2.45) is 0 Å². The molecule has 0 amide bonds. The molecule has 176 valence electrons. The standard InChI is InChI=1S/C27H27N2.ClHO4/c1-19-5-11-23(12-6-19)25-17-22(4)29(28-26-15-9-21(3)10-16-26)27(18-25)24-13-7-20(2)8-14-24;2-1(3,4)5/h5-18,28H,1-4H3;(H,2,3,4,5)/q+1;/p-1. The molecule has 4 rings (SSSR count). The summed E-state index contributed by atoms with van der Waals surface area (Å²) in [6, 6.07) is 30.4. The number of hydrogen-bond donors (Lipinski definition) is 1. The van der Waals surface area contributed by atoms with Crippen LogP contribution in [-0.2, 0) is 0 Å². The van der Waals surface area contributed by atoms with Gasteiger partial charge in [-0.1, -0.05) is 69.9 Å². The van der Waals surface area contributed by atoms with Crippen LogP contribution in [-0.4, -0.2) is 0 Å². The Hall–Kier alpha value is -3.26. The van der Waals surface area contributed by atoms with E-state index in [9.17, 15) is 0 Å². The quantitative estimate of drug-likeness (QED) is 0.449. The predicted molar refractivity (Wildman–Crippen MR) is 122 cm³/mol. The Morgan fingerprint density at radius 1 is 0.559 bits per heavy atom. The summed E-state index contributed by atoms with van der Waals surface area (Å²) >= 11 is 0. The zero-order valence-electron chi connectivity index (χ0n) is 19.5. The van der Waals surface area contributed by atoms with E-state index >= 15 is 0 Å². The Kier molecular flexibility index (Phi) is 8.04. The maximum atomic E-state index is 8.49. The van der Waals surface area contributed by atoms with E-state index in [-0.39, 0.29) is 0 Å². The molecule has 0 aliphatic heterocycles. The minimum absolute atomic E-state index is 1.07. The SMILES string of the molecule is Cc1ccc(N[n+]2c(C)cc(-c3ccc(C)cc3)cc2-c2ccc(C)cc2)cc1.[O-][Cl+3]([O-])([O-])[O-]. The van der Waals surface area contributed by atoms with Crippen LogP contribution < -0.4 is 28.7 Å². The van der Waals surface area contributed by atoms with Crippen LogP contribution in [0.1, 0.15) is 22.4 Å². The van der Waals surface area contributed by atoms with Crippen molar-refractivity contribution in [1.29, 1.82) is 0 Å². The molecular formula is C27H27ClN2O4. The molecule has 1 N–H and O–H groups in total. The van der Waals surface area contributed by atoms with Gasteiger partial charge >= 0.3 is 0 Å². The molecule has 0 spiro atoms. The van der Waals surface area contributed by atoms with Crippen molar-refractivity contribution in [1.82, 2.24) is 0 Å². The molecule has 0 atom stereocenters. The molecule has 0 radical (unpaired) electrons. The summed E-state index contributed by atoms with van der Waals surface area (Å²) in [6.45, 7) is 8.50. The highest BCUT2D eigenvalue weighted by atomic mass is 35.7. The molecule has 1 aromatic heterocycles. The number of halogens is 1. The summed E-state index contributed by atoms with van der Waals surface area (Å²) in [6.07, 6.45) is 0. The molecule has 7 heteroatoms. The van der Waals surface area contributed by atoms with Crippen LogP contribution in [0.25, 0.3) is 22.4 Å². The Labute approximate surface area is 202 Å². The Bertz CT molecular complexity index is 1230. The molecule has 34 heavy (non-hydrogen) atoms. The predicted octanol–water partition coefficient (Wildman–Crippen LogP) is 1.66. The van der Waals surface area contributed by atoms with Crippen LogP contribution in [0, 0.1) is 37.9 Å². The first-order valence-corrected chi connectivity index (χ1v) is 11.9. The second-order valence-electron chi connectivity index (χ2n) is 8.19. The second-order valence-corrected chi connectivity index (χ2v) is 8.95. The Morgan fingerprint density at radius 3 is 1.44 bits per heavy atom. The van der Waals surface area contributed by atoms with Crippen molar-refractivity contribution >= 4 is 5.69 Å². The number of rotatable bonds is 4. The molecule has 0 fully saturated rings. The third-order valence-corrected chi connectivity index (χ3v) is 5.27. The molecule has 6 nitrogen and oxygen atoms in total. The number of hydrogen-bond acceptors (Lipinski definition) is 5. The number of anilines is 1. The highest BCUT2D eigenvalue weighted by Gasteiger charge is 2.20. The molecule has 1 heterocycles. The lowest BCUT2D eigenvalue weighted by Gasteiger charge is -2.17. The number of aryl methyl sites for hydroxylation is 4. The van der Waals surface area contributed by atoms with Crippen LogP contribution in [0.2, 0.25) is 0 Å². The maximum Gasteiger partial charge on any atom is 0.243 e. The summed E-state index contributed by atoms with van der Waals surface area (Å²) in [5.74, 6) is 0. The fourth-order valence-electron chi connectivity index (χ4n) is 3.49. The lowest BCUT2D eigenvalue weighted by Crippen LogP contribution is -2.68. The fourth-order valence-corrected chi connectivity index (χ4v) is 3.49. The first-order valence-electron chi connectivity index (χ1n) is 10.7. The monoisotopic (exact) mass is 478 g/mol. The average Bonchev–Trinajstić information content (AvgIpc) is 2.76. The average molecular weight is 479 g/mol. The van der Waals surface area contributed by atoms with Crippen LogP contribution in [0.4, 0.5) is 5.69 Å². The third kappa shape index (κ3) is 7.38. The third-order valence-electron chi connectivity index (χ3n) is 5.27. The van der Waals surface area contributed by atoms with Crippen LogP contribution in [0.15, 0.2) is 84.9 Å². The van der Waals surface area contributed by atoms with E-state index in [4.69, 9.17) is 18.6 Å². The normalized spacial score (nSPS) is 10.9. The minimum atomic E-state index is -4.94. The largest absolute Gasteiger partial charge is 0.243 e. The van der Waals surface area contributed by atoms with E-state index in [1.165, 1.54) is 33.4 Å². The lowest BCUT2D eigenvalue weighted by atomic mass is 10.0. The highest BCUT2D eigenvalue weighted by molar-refractivity contribution is 5.69. The molecule has 0 aliphatic carbocycles. The Morgan fingerprint density at radius 2 is 0.971 bits per heavy atom. The molecule has 3 aromatic carbocycles. The van der Waals surface area contributed by atoms with E-state index in [2.05, 4.69) is 123 Å². The van der Waals surface area contributed by atoms with Crippen molar-refractivity contribution in [2.45, 2.75) is 27.7 Å². The van der Waals surface area contributed by atoms with Gasteiger partial charge in [-0.3, -0.25) is 0 Å². The minimum Gasteiger partial charge on any atom is -0.222 e. The van der Waals surface area contributed by atoms with E-state index in [1.54, 1.807) is 0 Å². The summed E-state index contributed by atoms with van der Waals surface area (Å²) < 4.78 is 36.1. The highest BCUT2D eigenvalue weighted by Crippen LogP contribution is 2.26. The molecule has 0 saturated carbocycles. The molecule has 0 bridgehead atoms. The molecular weight excluding hydrogens is 452 g/mol. The van der Waals surface area contributed by atoms with Crippen molar-refractivity contribution < 1.29 is 33.6 Å². The van der Waals surface area contributed by atoms with Gasteiger partial charge in [-0.05, 0) is 56.2 Å². The zero-order chi connectivity index (χ0) is 24.9. The number of pyridine rings is 1. The van der Waals surface area contributed by atoms with E-state index in [1.807, 2.05) is 0 Å².